The van der Waals surface area contributed by atoms with E-state index in [0.717, 1.165) is 18.6 Å². The van der Waals surface area contributed by atoms with Crippen molar-refractivity contribution >= 4 is 17.7 Å². The first kappa shape index (κ1) is 10.9. The van der Waals surface area contributed by atoms with Gasteiger partial charge in [-0.05, 0) is 32.4 Å². The Morgan fingerprint density at radius 1 is 1.77 bits per heavy atom. The summed E-state index contributed by atoms with van der Waals surface area (Å²) in [5.41, 5.74) is 0. The molecule has 0 bridgehead atoms. The van der Waals surface area contributed by atoms with Crippen molar-refractivity contribution < 1.29 is 9.90 Å². The number of carbonyl (C=O) groups excluding carboxylic acids is 1. The molecule has 0 saturated carbocycles. The summed E-state index contributed by atoms with van der Waals surface area (Å²) in [6, 6.07) is 0. The Hall–Kier alpha value is -0.220. The fourth-order valence-electron chi connectivity index (χ4n) is 1.39. The topological polar surface area (TPSA) is 49.3 Å². The Balaban J connectivity index is 2.38. The summed E-state index contributed by atoms with van der Waals surface area (Å²) in [6.07, 6.45) is 1.60. The van der Waals surface area contributed by atoms with E-state index in [0.29, 0.717) is 6.54 Å². The number of aliphatic hydroxyl groups excluding tert-OH is 1. The van der Waals surface area contributed by atoms with Crippen LogP contribution >= 0.6 is 11.8 Å². The Labute approximate surface area is 83.3 Å². The van der Waals surface area contributed by atoms with Gasteiger partial charge in [-0.25, -0.2) is 0 Å². The molecule has 1 aliphatic rings. The van der Waals surface area contributed by atoms with Gasteiger partial charge in [0.25, 0.3) is 0 Å². The molecule has 0 radical (unpaired) electrons. The van der Waals surface area contributed by atoms with Crippen LogP contribution in [-0.2, 0) is 4.79 Å². The number of hydrogen-bond donors (Lipinski definition) is 2. The van der Waals surface area contributed by atoms with Gasteiger partial charge < -0.3 is 10.4 Å². The molecular formula is C9H17NO2S. The molecule has 0 aromatic carbocycles. The summed E-state index contributed by atoms with van der Waals surface area (Å²) in [5, 5.41) is 11.8. The van der Waals surface area contributed by atoms with E-state index in [1.807, 2.05) is 6.92 Å². The van der Waals surface area contributed by atoms with Crippen molar-refractivity contribution in [2.75, 3.05) is 12.3 Å². The lowest BCUT2D eigenvalue weighted by molar-refractivity contribution is -0.123. The third kappa shape index (κ3) is 2.88. The third-order valence-corrected chi connectivity index (χ3v) is 3.78. The van der Waals surface area contributed by atoms with Crippen LogP contribution in [-0.4, -0.2) is 34.2 Å². The fraction of sp³-hybridized carbons (Fsp3) is 0.889. The van der Waals surface area contributed by atoms with Gasteiger partial charge in [0.1, 0.15) is 0 Å². The molecule has 13 heavy (non-hydrogen) atoms. The molecule has 1 fully saturated rings. The number of nitrogens with one attached hydrogen (secondary N) is 1. The lowest BCUT2D eigenvalue weighted by Crippen LogP contribution is -2.42. The first-order chi connectivity index (χ1) is 6.04. The number of thioether (sulfide) groups is 1. The number of aliphatic hydroxyl groups is 1. The van der Waals surface area contributed by atoms with Crippen LogP contribution in [0.5, 0.6) is 0 Å². The molecule has 0 spiro atoms. The molecular weight excluding hydrogens is 186 g/mol. The van der Waals surface area contributed by atoms with Crippen LogP contribution in [0.2, 0.25) is 0 Å². The van der Waals surface area contributed by atoms with Crippen LogP contribution in [0.4, 0.5) is 0 Å². The van der Waals surface area contributed by atoms with Gasteiger partial charge in [-0.3, -0.25) is 4.79 Å². The van der Waals surface area contributed by atoms with Crippen molar-refractivity contribution in [2.24, 2.45) is 0 Å². The zero-order valence-corrected chi connectivity index (χ0v) is 8.99. The van der Waals surface area contributed by atoms with Crippen LogP contribution in [0.15, 0.2) is 0 Å². The van der Waals surface area contributed by atoms with Crippen molar-refractivity contribution in [3.05, 3.63) is 0 Å². The number of carbonyl (C=O) groups is 1. The van der Waals surface area contributed by atoms with E-state index in [4.69, 9.17) is 5.11 Å². The monoisotopic (exact) mass is 203 g/mol. The minimum Gasteiger partial charge on any atom is -0.392 e. The molecule has 76 valence electrons. The van der Waals surface area contributed by atoms with Crippen molar-refractivity contribution in [1.29, 1.82) is 0 Å². The molecule has 0 aromatic rings. The smallest absolute Gasteiger partial charge is 0.236 e. The van der Waals surface area contributed by atoms with Crippen LogP contribution in [0, 0.1) is 0 Å². The maximum Gasteiger partial charge on any atom is 0.236 e. The number of amides is 1. The maximum absolute atomic E-state index is 11.6. The highest BCUT2D eigenvalue weighted by molar-refractivity contribution is 8.01. The highest BCUT2D eigenvalue weighted by Crippen LogP contribution is 2.37. The average Bonchev–Trinajstić information content (AvgIpc) is 2.49. The molecule has 1 amide bonds. The second kappa shape index (κ2) is 4.33. The van der Waals surface area contributed by atoms with Gasteiger partial charge in [-0.2, -0.15) is 0 Å². The number of hydrogen-bond acceptors (Lipinski definition) is 3. The summed E-state index contributed by atoms with van der Waals surface area (Å²) in [5.74, 6) is 1.13. The summed E-state index contributed by atoms with van der Waals surface area (Å²) >= 11 is 1.71. The molecule has 0 aliphatic carbocycles. The Morgan fingerprint density at radius 3 is 2.92 bits per heavy atom. The van der Waals surface area contributed by atoms with Crippen LogP contribution in [0.25, 0.3) is 0 Å². The Kier molecular flexibility index (Phi) is 3.62. The minimum absolute atomic E-state index is 0.0656. The minimum atomic E-state index is -0.459. The van der Waals surface area contributed by atoms with Gasteiger partial charge in [0.05, 0.1) is 10.9 Å². The van der Waals surface area contributed by atoms with Gasteiger partial charge in [0, 0.05) is 6.54 Å². The van der Waals surface area contributed by atoms with Gasteiger partial charge in [-0.15, -0.1) is 11.8 Å². The highest BCUT2D eigenvalue weighted by Gasteiger charge is 2.36. The summed E-state index contributed by atoms with van der Waals surface area (Å²) < 4.78 is -0.255. The predicted molar refractivity (Wildman–Crippen MR) is 54.8 cm³/mol. The predicted octanol–water partition coefficient (Wildman–Crippen LogP) is 0.769. The standard InChI is InChI=1S/C9H17NO2S/c1-7(11)6-10-8(12)9(2)4-3-5-13-9/h7,11H,3-6H2,1-2H3,(H,10,12). The van der Waals surface area contributed by atoms with Crippen LogP contribution in [0.1, 0.15) is 26.7 Å². The number of rotatable bonds is 3. The normalized spacial score (nSPS) is 30.1. The lowest BCUT2D eigenvalue weighted by atomic mass is 10.1. The summed E-state index contributed by atoms with van der Waals surface area (Å²) in [4.78, 5) is 11.6. The molecule has 2 unspecified atom stereocenters. The van der Waals surface area contributed by atoms with E-state index in [1.165, 1.54) is 0 Å². The quantitative estimate of drug-likeness (QED) is 0.712. The van der Waals surface area contributed by atoms with Crippen molar-refractivity contribution in [3.8, 4) is 0 Å². The molecule has 1 saturated heterocycles. The zero-order chi connectivity index (χ0) is 9.90. The molecule has 2 N–H and O–H groups in total. The highest BCUT2D eigenvalue weighted by atomic mass is 32.2. The molecule has 0 aromatic heterocycles. The molecule has 3 nitrogen and oxygen atoms in total. The molecule has 1 heterocycles. The maximum atomic E-state index is 11.6. The molecule has 4 heteroatoms. The molecule has 2 atom stereocenters. The van der Waals surface area contributed by atoms with Crippen LogP contribution < -0.4 is 5.32 Å². The SMILES string of the molecule is CC(O)CNC(=O)C1(C)CCCS1. The second-order valence-electron chi connectivity index (χ2n) is 3.74. The van der Waals surface area contributed by atoms with Gasteiger partial charge in [0.15, 0.2) is 0 Å². The summed E-state index contributed by atoms with van der Waals surface area (Å²) in [6.45, 7) is 4.00. The van der Waals surface area contributed by atoms with Crippen LogP contribution in [0.3, 0.4) is 0 Å². The van der Waals surface area contributed by atoms with E-state index < -0.39 is 6.10 Å². The zero-order valence-electron chi connectivity index (χ0n) is 8.17. The Morgan fingerprint density at radius 2 is 2.46 bits per heavy atom. The second-order valence-corrected chi connectivity index (χ2v) is 5.34. The van der Waals surface area contributed by atoms with E-state index >= 15 is 0 Å². The fourth-order valence-corrected chi connectivity index (χ4v) is 2.62. The van der Waals surface area contributed by atoms with Gasteiger partial charge >= 0.3 is 0 Å². The first-order valence-electron chi connectivity index (χ1n) is 4.65. The molecule has 1 aliphatic heterocycles. The van der Waals surface area contributed by atoms with Gasteiger partial charge in [0.2, 0.25) is 5.91 Å². The van der Waals surface area contributed by atoms with Crippen molar-refractivity contribution in [2.45, 2.75) is 37.5 Å². The van der Waals surface area contributed by atoms with E-state index in [9.17, 15) is 4.79 Å². The third-order valence-electron chi connectivity index (χ3n) is 2.26. The largest absolute Gasteiger partial charge is 0.392 e. The molecule has 1 rings (SSSR count). The van der Waals surface area contributed by atoms with E-state index in [-0.39, 0.29) is 10.7 Å². The average molecular weight is 203 g/mol. The van der Waals surface area contributed by atoms with Gasteiger partial charge in [-0.1, -0.05) is 0 Å². The summed E-state index contributed by atoms with van der Waals surface area (Å²) in [7, 11) is 0. The lowest BCUT2D eigenvalue weighted by Gasteiger charge is -2.21. The van der Waals surface area contributed by atoms with Crippen molar-refractivity contribution in [3.63, 3.8) is 0 Å². The van der Waals surface area contributed by atoms with E-state index in [1.54, 1.807) is 18.7 Å². The van der Waals surface area contributed by atoms with Crippen molar-refractivity contribution in [1.82, 2.24) is 5.32 Å². The van der Waals surface area contributed by atoms with E-state index in [2.05, 4.69) is 5.32 Å². The first-order valence-corrected chi connectivity index (χ1v) is 5.63. The Bertz CT molecular complexity index is 188.